The minimum atomic E-state index is -3.64. The van der Waals surface area contributed by atoms with Crippen molar-refractivity contribution in [1.29, 1.82) is 0 Å². The Hall–Kier alpha value is -3.72. The van der Waals surface area contributed by atoms with Gasteiger partial charge in [0.1, 0.15) is 11.6 Å². The van der Waals surface area contributed by atoms with Crippen LogP contribution in [0.3, 0.4) is 0 Å². The van der Waals surface area contributed by atoms with Crippen LogP contribution in [0, 0.1) is 13.8 Å². The number of nitrogens with one attached hydrogen (secondary N) is 2. The molecule has 30 heavy (non-hydrogen) atoms. The number of anilines is 3. The normalized spacial score (nSPS) is 11.3. The van der Waals surface area contributed by atoms with Crippen LogP contribution in [-0.2, 0) is 10.0 Å². The van der Waals surface area contributed by atoms with Crippen LogP contribution in [0.15, 0.2) is 78.0 Å². The molecule has 0 aliphatic heterocycles. The molecule has 9 heteroatoms. The number of aromatic nitrogens is 4. The highest BCUT2D eigenvalue weighted by Gasteiger charge is 2.13. The van der Waals surface area contributed by atoms with E-state index in [1.54, 1.807) is 78.6 Å². The van der Waals surface area contributed by atoms with Gasteiger partial charge in [0, 0.05) is 29.8 Å². The SMILES string of the molecule is Cc1ccc(S(=O)(=O)Nc2ccc(Nc3cc(-n4cccn4)nc(C)n3)cc2)cc1. The first-order valence-corrected chi connectivity index (χ1v) is 10.7. The quantitative estimate of drug-likeness (QED) is 0.492. The van der Waals surface area contributed by atoms with E-state index >= 15 is 0 Å². The zero-order valence-electron chi connectivity index (χ0n) is 16.4. The van der Waals surface area contributed by atoms with E-state index < -0.39 is 10.0 Å². The summed E-state index contributed by atoms with van der Waals surface area (Å²) in [6.07, 6.45) is 3.49. The minimum absolute atomic E-state index is 0.220. The molecule has 0 amide bonds. The zero-order valence-corrected chi connectivity index (χ0v) is 17.3. The minimum Gasteiger partial charge on any atom is -0.340 e. The second-order valence-corrected chi connectivity index (χ2v) is 8.41. The Kier molecular flexibility index (Phi) is 5.20. The Morgan fingerprint density at radius 2 is 1.60 bits per heavy atom. The molecule has 0 saturated carbocycles. The van der Waals surface area contributed by atoms with Crippen LogP contribution >= 0.6 is 0 Å². The van der Waals surface area contributed by atoms with Crippen molar-refractivity contribution in [2.24, 2.45) is 0 Å². The van der Waals surface area contributed by atoms with E-state index in [1.165, 1.54) is 0 Å². The molecule has 0 bridgehead atoms. The summed E-state index contributed by atoms with van der Waals surface area (Å²) < 4.78 is 29.3. The van der Waals surface area contributed by atoms with Gasteiger partial charge in [-0.1, -0.05) is 17.7 Å². The summed E-state index contributed by atoms with van der Waals surface area (Å²) >= 11 is 0. The van der Waals surface area contributed by atoms with E-state index in [-0.39, 0.29) is 4.90 Å². The van der Waals surface area contributed by atoms with E-state index in [4.69, 9.17) is 0 Å². The van der Waals surface area contributed by atoms with E-state index in [0.717, 1.165) is 11.3 Å². The van der Waals surface area contributed by atoms with Gasteiger partial charge in [-0.25, -0.2) is 23.1 Å². The Balaban J connectivity index is 1.50. The van der Waals surface area contributed by atoms with Gasteiger partial charge in [0.2, 0.25) is 0 Å². The van der Waals surface area contributed by atoms with Crippen molar-refractivity contribution < 1.29 is 8.42 Å². The third kappa shape index (κ3) is 4.47. The highest BCUT2D eigenvalue weighted by atomic mass is 32.2. The maximum Gasteiger partial charge on any atom is 0.261 e. The molecule has 0 aliphatic carbocycles. The van der Waals surface area contributed by atoms with E-state index in [1.807, 2.05) is 13.0 Å². The molecule has 152 valence electrons. The molecular weight excluding hydrogens is 400 g/mol. The van der Waals surface area contributed by atoms with Gasteiger partial charge in [-0.2, -0.15) is 5.10 Å². The van der Waals surface area contributed by atoms with Gasteiger partial charge >= 0.3 is 0 Å². The summed E-state index contributed by atoms with van der Waals surface area (Å²) in [4.78, 5) is 8.99. The average molecular weight is 420 g/mol. The topological polar surface area (TPSA) is 102 Å². The lowest BCUT2D eigenvalue weighted by Gasteiger charge is -2.11. The first-order valence-electron chi connectivity index (χ1n) is 9.21. The lowest BCUT2D eigenvalue weighted by Crippen LogP contribution is -2.12. The third-order valence-electron chi connectivity index (χ3n) is 4.30. The molecule has 0 spiro atoms. The molecule has 0 unspecified atom stereocenters. The van der Waals surface area contributed by atoms with Crippen molar-refractivity contribution in [3.8, 4) is 5.82 Å². The molecule has 0 radical (unpaired) electrons. The molecule has 0 saturated heterocycles. The monoisotopic (exact) mass is 420 g/mol. The largest absolute Gasteiger partial charge is 0.340 e. The van der Waals surface area contributed by atoms with Crippen molar-refractivity contribution in [2.45, 2.75) is 18.7 Å². The number of nitrogens with zero attached hydrogens (tertiary/aromatic N) is 4. The number of rotatable bonds is 6. The van der Waals surface area contributed by atoms with Crippen LogP contribution in [-0.4, -0.2) is 28.2 Å². The average Bonchev–Trinajstić information content (AvgIpc) is 3.24. The third-order valence-corrected chi connectivity index (χ3v) is 5.70. The molecule has 0 fully saturated rings. The Labute approximate surface area is 174 Å². The van der Waals surface area contributed by atoms with Gasteiger partial charge in [-0.15, -0.1) is 0 Å². The Bertz CT molecular complexity index is 1250. The summed E-state index contributed by atoms with van der Waals surface area (Å²) in [5.41, 5.74) is 2.23. The van der Waals surface area contributed by atoms with Crippen LogP contribution in [0.1, 0.15) is 11.4 Å². The molecule has 2 heterocycles. The molecule has 4 rings (SSSR count). The summed E-state index contributed by atoms with van der Waals surface area (Å²) in [6, 6.07) is 17.2. The molecule has 4 aromatic rings. The summed E-state index contributed by atoms with van der Waals surface area (Å²) in [6.45, 7) is 3.72. The molecule has 2 aromatic heterocycles. The van der Waals surface area contributed by atoms with Gasteiger partial charge in [-0.3, -0.25) is 4.72 Å². The summed E-state index contributed by atoms with van der Waals surface area (Å²) in [7, 11) is -3.64. The maximum atomic E-state index is 12.5. The smallest absolute Gasteiger partial charge is 0.261 e. The number of benzene rings is 2. The summed E-state index contributed by atoms with van der Waals surface area (Å²) in [5, 5.41) is 7.39. The number of hydrogen-bond donors (Lipinski definition) is 2. The predicted octanol–water partition coefficient (Wildman–Crippen LogP) is 3.82. The number of aryl methyl sites for hydroxylation is 2. The van der Waals surface area contributed by atoms with Crippen molar-refractivity contribution >= 4 is 27.2 Å². The van der Waals surface area contributed by atoms with Crippen molar-refractivity contribution in [3.05, 3.63) is 84.4 Å². The van der Waals surface area contributed by atoms with Gasteiger partial charge in [0.25, 0.3) is 10.0 Å². The standard InChI is InChI=1S/C21H20N6O2S/c1-15-4-10-19(11-5-15)30(28,29)26-18-8-6-17(7-9-18)25-20-14-21(24-16(2)23-20)27-13-3-12-22-27/h3-14,26H,1-2H3,(H,23,24,25). The molecule has 0 atom stereocenters. The highest BCUT2D eigenvalue weighted by molar-refractivity contribution is 7.92. The van der Waals surface area contributed by atoms with Crippen LogP contribution in [0.4, 0.5) is 17.2 Å². The number of sulfonamides is 1. The Morgan fingerprint density at radius 1 is 0.900 bits per heavy atom. The fourth-order valence-electron chi connectivity index (χ4n) is 2.84. The predicted molar refractivity (Wildman–Crippen MR) is 116 cm³/mol. The van der Waals surface area contributed by atoms with Gasteiger partial charge in [0.15, 0.2) is 5.82 Å². The fraction of sp³-hybridized carbons (Fsp3) is 0.0952. The van der Waals surface area contributed by atoms with Crippen molar-refractivity contribution in [2.75, 3.05) is 10.0 Å². The lowest BCUT2D eigenvalue weighted by molar-refractivity contribution is 0.601. The second kappa shape index (κ2) is 7.96. The van der Waals surface area contributed by atoms with E-state index in [9.17, 15) is 8.42 Å². The molecule has 2 N–H and O–H groups in total. The second-order valence-electron chi connectivity index (χ2n) is 6.73. The van der Waals surface area contributed by atoms with Crippen molar-refractivity contribution in [1.82, 2.24) is 19.7 Å². The first-order chi connectivity index (χ1) is 14.4. The lowest BCUT2D eigenvalue weighted by atomic mass is 10.2. The molecular formula is C21H20N6O2S. The number of hydrogen-bond acceptors (Lipinski definition) is 6. The molecule has 0 aliphatic rings. The summed E-state index contributed by atoms with van der Waals surface area (Å²) in [5.74, 6) is 1.87. The van der Waals surface area contributed by atoms with Crippen molar-refractivity contribution in [3.63, 3.8) is 0 Å². The fourth-order valence-corrected chi connectivity index (χ4v) is 3.90. The van der Waals surface area contributed by atoms with Gasteiger partial charge in [0.05, 0.1) is 4.90 Å². The molecule has 2 aromatic carbocycles. The van der Waals surface area contributed by atoms with Gasteiger partial charge < -0.3 is 5.32 Å². The van der Waals surface area contributed by atoms with Crippen LogP contribution in [0.2, 0.25) is 0 Å². The van der Waals surface area contributed by atoms with E-state index in [0.29, 0.717) is 23.1 Å². The first kappa shape index (κ1) is 19.6. The molecule has 8 nitrogen and oxygen atoms in total. The van der Waals surface area contributed by atoms with Crippen LogP contribution in [0.5, 0.6) is 0 Å². The van der Waals surface area contributed by atoms with Gasteiger partial charge in [-0.05, 0) is 56.3 Å². The van der Waals surface area contributed by atoms with Crippen LogP contribution < -0.4 is 10.0 Å². The Morgan fingerprint density at radius 3 is 2.27 bits per heavy atom. The van der Waals surface area contributed by atoms with Crippen LogP contribution in [0.25, 0.3) is 5.82 Å². The highest BCUT2D eigenvalue weighted by Crippen LogP contribution is 2.21. The van der Waals surface area contributed by atoms with E-state index in [2.05, 4.69) is 25.1 Å². The maximum absolute atomic E-state index is 12.5. The zero-order chi connectivity index (χ0) is 21.1.